The van der Waals surface area contributed by atoms with Crippen LogP contribution in [0.4, 0.5) is 5.82 Å². The summed E-state index contributed by atoms with van der Waals surface area (Å²) in [5, 5.41) is 6.55. The molecule has 148 valence electrons. The number of rotatable bonds is 5. The van der Waals surface area contributed by atoms with Crippen molar-refractivity contribution in [1.82, 2.24) is 19.8 Å². The van der Waals surface area contributed by atoms with Gasteiger partial charge in [0.2, 0.25) is 0 Å². The first-order valence-corrected chi connectivity index (χ1v) is 11.3. The van der Waals surface area contributed by atoms with Crippen molar-refractivity contribution in [2.45, 2.75) is 26.8 Å². The summed E-state index contributed by atoms with van der Waals surface area (Å²) in [5.41, 5.74) is 0.976. The zero-order valence-electron chi connectivity index (χ0n) is 16.4. The maximum Gasteiger partial charge on any atom is 0.264 e. The Kier molecular flexibility index (Phi) is 5.61. The van der Waals surface area contributed by atoms with Crippen LogP contribution in [-0.2, 0) is 0 Å². The molecule has 6 nitrogen and oxygen atoms in total. The second-order valence-electron chi connectivity index (χ2n) is 7.07. The van der Waals surface area contributed by atoms with Gasteiger partial charge in [-0.3, -0.25) is 4.79 Å². The van der Waals surface area contributed by atoms with Crippen molar-refractivity contribution < 1.29 is 4.79 Å². The lowest BCUT2D eigenvalue weighted by Crippen LogP contribution is -2.48. The van der Waals surface area contributed by atoms with E-state index in [0.29, 0.717) is 0 Å². The summed E-state index contributed by atoms with van der Waals surface area (Å²) in [6.45, 7) is 10.8. The van der Waals surface area contributed by atoms with E-state index < -0.39 is 0 Å². The number of nitrogens with zero attached hydrogens (tertiary/aromatic N) is 4. The number of nitrogens with one attached hydrogen (secondary N) is 1. The third kappa shape index (κ3) is 3.64. The number of hydrogen-bond donors (Lipinski definition) is 1. The standard InChI is InChI=1S/C20H25N5OS2/c1-4-24-7-9-25(10-8-24)20(26)17-13(2)16-18(21-12-22-19(16)28-17)23-14(3)15-6-5-11-27-15/h5-6,11-12,14H,4,7-10H2,1-3H3,(H,21,22,23). The molecule has 0 aliphatic carbocycles. The third-order valence-electron chi connectivity index (χ3n) is 5.35. The van der Waals surface area contributed by atoms with Crippen LogP contribution in [0.3, 0.4) is 0 Å². The van der Waals surface area contributed by atoms with Gasteiger partial charge in [0.25, 0.3) is 5.91 Å². The molecule has 0 spiro atoms. The molecule has 8 heteroatoms. The van der Waals surface area contributed by atoms with E-state index in [1.54, 1.807) is 17.7 Å². The Morgan fingerprint density at radius 3 is 2.75 bits per heavy atom. The van der Waals surface area contributed by atoms with Gasteiger partial charge in [0.15, 0.2) is 0 Å². The summed E-state index contributed by atoms with van der Waals surface area (Å²) in [5.74, 6) is 0.919. The summed E-state index contributed by atoms with van der Waals surface area (Å²) >= 11 is 3.20. The molecule has 0 radical (unpaired) electrons. The third-order valence-corrected chi connectivity index (χ3v) is 7.59. The molecule has 3 aromatic rings. The normalized spacial score (nSPS) is 16.5. The van der Waals surface area contributed by atoms with Gasteiger partial charge in [-0.15, -0.1) is 22.7 Å². The summed E-state index contributed by atoms with van der Waals surface area (Å²) in [6.07, 6.45) is 1.58. The highest BCUT2D eigenvalue weighted by Gasteiger charge is 2.26. The highest BCUT2D eigenvalue weighted by molar-refractivity contribution is 7.20. The minimum Gasteiger partial charge on any atom is -0.362 e. The first-order valence-electron chi connectivity index (χ1n) is 9.64. The van der Waals surface area contributed by atoms with Gasteiger partial charge in [-0.05, 0) is 37.4 Å². The van der Waals surface area contributed by atoms with Crippen molar-refractivity contribution in [2.24, 2.45) is 0 Å². The number of piperazine rings is 1. The van der Waals surface area contributed by atoms with E-state index in [0.717, 1.165) is 59.2 Å². The van der Waals surface area contributed by atoms with Crippen LogP contribution in [0.1, 0.15) is 40.0 Å². The van der Waals surface area contributed by atoms with Crippen LogP contribution in [0.5, 0.6) is 0 Å². The van der Waals surface area contributed by atoms with Crippen LogP contribution in [0.25, 0.3) is 10.2 Å². The minimum absolute atomic E-state index is 0.119. The van der Waals surface area contributed by atoms with Gasteiger partial charge in [0.1, 0.15) is 17.0 Å². The zero-order valence-corrected chi connectivity index (χ0v) is 18.1. The van der Waals surface area contributed by atoms with Crippen molar-refractivity contribution in [3.63, 3.8) is 0 Å². The minimum atomic E-state index is 0.119. The Labute approximate surface area is 173 Å². The Hall–Kier alpha value is -2.03. The topological polar surface area (TPSA) is 61.4 Å². The zero-order chi connectivity index (χ0) is 19.7. The number of likely N-dealkylation sites (N-methyl/N-ethyl adjacent to an activating group) is 1. The lowest BCUT2D eigenvalue weighted by Gasteiger charge is -2.33. The van der Waals surface area contributed by atoms with E-state index in [9.17, 15) is 4.79 Å². The summed E-state index contributed by atoms with van der Waals surface area (Å²) < 4.78 is 0. The number of hydrogen-bond acceptors (Lipinski definition) is 7. The SMILES string of the molecule is CCN1CCN(C(=O)c2sc3ncnc(NC(C)c4cccs4)c3c2C)CC1. The highest BCUT2D eigenvalue weighted by Crippen LogP contribution is 2.35. The van der Waals surface area contributed by atoms with Gasteiger partial charge in [0.05, 0.1) is 16.3 Å². The van der Waals surface area contributed by atoms with E-state index >= 15 is 0 Å². The van der Waals surface area contributed by atoms with E-state index in [1.807, 2.05) is 11.8 Å². The van der Waals surface area contributed by atoms with Crippen molar-refractivity contribution in [3.8, 4) is 0 Å². The Morgan fingerprint density at radius 1 is 1.29 bits per heavy atom. The summed E-state index contributed by atoms with van der Waals surface area (Å²) in [7, 11) is 0. The van der Waals surface area contributed by atoms with E-state index in [4.69, 9.17) is 0 Å². The van der Waals surface area contributed by atoms with E-state index in [2.05, 4.69) is 51.5 Å². The first kappa shape index (κ1) is 19.3. The predicted octanol–water partition coefficient (Wildman–Crippen LogP) is 4.01. The molecule has 4 heterocycles. The van der Waals surface area contributed by atoms with Crippen LogP contribution in [-0.4, -0.2) is 58.4 Å². The molecule has 3 aromatic heterocycles. The molecule has 28 heavy (non-hydrogen) atoms. The van der Waals surface area contributed by atoms with Gasteiger partial charge in [-0.1, -0.05) is 13.0 Å². The molecule has 1 aliphatic rings. The fourth-order valence-electron chi connectivity index (χ4n) is 3.61. The molecular formula is C20H25N5OS2. The van der Waals surface area contributed by atoms with Gasteiger partial charge < -0.3 is 15.1 Å². The number of thiophene rings is 2. The van der Waals surface area contributed by atoms with Gasteiger partial charge in [-0.2, -0.15) is 0 Å². The quantitative estimate of drug-likeness (QED) is 0.682. The van der Waals surface area contributed by atoms with Crippen LogP contribution >= 0.6 is 22.7 Å². The van der Waals surface area contributed by atoms with Gasteiger partial charge in [0, 0.05) is 31.1 Å². The maximum absolute atomic E-state index is 13.2. The second-order valence-corrected chi connectivity index (χ2v) is 9.04. The van der Waals surface area contributed by atoms with Crippen LogP contribution in [0.15, 0.2) is 23.8 Å². The molecule has 1 saturated heterocycles. The molecule has 1 amide bonds. The second kappa shape index (κ2) is 8.14. The number of carbonyl (C=O) groups excluding carboxylic acids is 1. The fourth-order valence-corrected chi connectivity index (χ4v) is 5.46. The number of aryl methyl sites for hydroxylation is 1. The predicted molar refractivity (Wildman–Crippen MR) is 117 cm³/mol. The summed E-state index contributed by atoms with van der Waals surface area (Å²) in [6, 6.07) is 4.32. The molecule has 4 rings (SSSR count). The molecule has 1 aliphatic heterocycles. The molecule has 1 N–H and O–H groups in total. The lowest BCUT2D eigenvalue weighted by molar-refractivity contribution is 0.0647. The van der Waals surface area contributed by atoms with Crippen molar-refractivity contribution in [2.75, 3.05) is 38.0 Å². The number of amides is 1. The van der Waals surface area contributed by atoms with E-state index in [-0.39, 0.29) is 11.9 Å². The molecule has 1 unspecified atom stereocenters. The highest BCUT2D eigenvalue weighted by atomic mass is 32.1. The van der Waals surface area contributed by atoms with Crippen molar-refractivity contribution in [3.05, 3.63) is 39.2 Å². The van der Waals surface area contributed by atoms with Crippen LogP contribution in [0.2, 0.25) is 0 Å². The summed E-state index contributed by atoms with van der Waals surface area (Å²) in [4.78, 5) is 29.3. The molecule has 0 saturated carbocycles. The number of aromatic nitrogens is 2. The maximum atomic E-state index is 13.2. The van der Waals surface area contributed by atoms with Crippen molar-refractivity contribution >= 4 is 44.6 Å². The first-order chi connectivity index (χ1) is 13.6. The molecular weight excluding hydrogens is 390 g/mol. The molecule has 1 fully saturated rings. The molecule has 0 aromatic carbocycles. The fraction of sp³-hybridized carbons (Fsp3) is 0.450. The van der Waals surface area contributed by atoms with Gasteiger partial charge >= 0.3 is 0 Å². The number of carbonyl (C=O) groups is 1. The monoisotopic (exact) mass is 415 g/mol. The van der Waals surface area contributed by atoms with Crippen molar-refractivity contribution in [1.29, 1.82) is 0 Å². The molecule has 0 bridgehead atoms. The number of fused-ring (bicyclic) bond motifs is 1. The number of anilines is 1. The average Bonchev–Trinajstić information content (AvgIpc) is 3.37. The largest absolute Gasteiger partial charge is 0.362 e. The van der Waals surface area contributed by atoms with E-state index in [1.165, 1.54) is 16.2 Å². The molecule has 1 atom stereocenters. The lowest BCUT2D eigenvalue weighted by atomic mass is 10.1. The van der Waals surface area contributed by atoms with Gasteiger partial charge in [-0.25, -0.2) is 9.97 Å². The average molecular weight is 416 g/mol. The Bertz CT molecular complexity index is 961. The smallest absolute Gasteiger partial charge is 0.264 e. The van der Waals surface area contributed by atoms with Crippen LogP contribution < -0.4 is 5.32 Å². The Morgan fingerprint density at radius 2 is 2.07 bits per heavy atom. The van der Waals surface area contributed by atoms with Crippen LogP contribution in [0, 0.1) is 6.92 Å². The Balaban J connectivity index is 1.61.